The molecular formula is C16H18N4O. The van der Waals surface area contributed by atoms with Gasteiger partial charge in [0.1, 0.15) is 11.9 Å². The van der Waals surface area contributed by atoms with E-state index in [4.69, 9.17) is 0 Å². The molecule has 5 nitrogen and oxygen atoms in total. The number of nitriles is 1. The van der Waals surface area contributed by atoms with Gasteiger partial charge in [0.25, 0.3) is 0 Å². The van der Waals surface area contributed by atoms with Gasteiger partial charge >= 0.3 is 0 Å². The smallest absolute Gasteiger partial charge is 0.239 e. The number of para-hydroxylation sites is 1. The van der Waals surface area contributed by atoms with Crippen molar-refractivity contribution in [1.82, 2.24) is 10.3 Å². The van der Waals surface area contributed by atoms with E-state index in [0.29, 0.717) is 17.9 Å². The molecule has 0 saturated carbocycles. The van der Waals surface area contributed by atoms with Gasteiger partial charge in [-0.3, -0.25) is 4.79 Å². The molecule has 0 saturated heterocycles. The molecule has 108 valence electrons. The minimum atomic E-state index is -0.0951. The topological polar surface area (TPSA) is 69.0 Å². The fraction of sp³-hybridized carbons (Fsp3) is 0.312. The normalized spacial score (nSPS) is 10.1. The second-order valence-corrected chi connectivity index (χ2v) is 4.76. The van der Waals surface area contributed by atoms with Gasteiger partial charge < -0.3 is 10.2 Å². The zero-order chi connectivity index (χ0) is 15.2. The first-order valence-electron chi connectivity index (χ1n) is 6.95. The van der Waals surface area contributed by atoms with Crippen molar-refractivity contribution >= 4 is 22.6 Å². The minimum absolute atomic E-state index is 0.0951. The molecule has 1 aromatic heterocycles. The van der Waals surface area contributed by atoms with E-state index in [0.717, 1.165) is 17.3 Å². The van der Waals surface area contributed by atoms with Crippen molar-refractivity contribution in [2.45, 2.75) is 13.3 Å². The molecule has 0 bridgehead atoms. The van der Waals surface area contributed by atoms with Gasteiger partial charge in [-0.1, -0.05) is 25.1 Å². The summed E-state index contributed by atoms with van der Waals surface area (Å²) >= 11 is 0. The van der Waals surface area contributed by atoms with Crippen LogP contribution >= 0.6 is 0 Å². The lowest BCUT2D eigenvalue weighted by Crippen LogP contribution is -2.37. The lowest BCUT2D eigenvalue weighted by Gasteiger charge is -2.23. The fourth-order valence-electron chi connectivity index (χ4n) is 2.21. The Hall–Kier alpha value is -2.61. The Labute approximate surface area is 124 Å². The molecule has 0 atom stereocenters. The molecule has 1 amide bonds. The van der Waals surface area contributed by atoms with E-state index in [2.05, 4.69) is 16.4 Å². The van der Waals surface area contributed by atoms with Crippen LogP contribution in [0.25, 0.3) is 10.9 Å². The van der Waals surface area contributed by atoms with Gasteiger partial charge in [-0.15, -0.1) is 0 Å². The number of aromatic nitrogens is 1. The summed E-state index contributed by atoms with van der Waals surface area (Å²) in [5.41, 5.74) is 1.32. The predicted octanol–water partition coefficient (Wildman–Crippen LogP) is 2.07. The van der Waals surface area contributed by atoms with Crippen LogP contribution in [0, 0.1) is 11.3 Å². The van der Waals surface area contributed by atoms with Gasteiger partial charge in [-0.2, -0.15) is 5.26 Å². The van der Waals surface area contributed by atoms with Crippen molar-refractivity contribution in [2.24, 2.45) is 0 Å². The fourth-order valence-corrected chi connectivity index (χ4v) is 2.21. The lowest BCUT2D eigenvalue weighted by atomic mass is 10.1. The molecule has 0 spiro atoms. The number of benzene rings is 1. The summed E-state index contributed by atoms with van der Waals surface area (Å²) in [5.74, 6) is 0.476. The highest BCUT2D eigenvalue weighted by Crippen LogP contribution is 2.23. The lowest BCUT2D eigenvalue weighted by molar-refractivity contribution is -0.119. The predicted molar refractivity (Wildman–Crippen MR) is 83.0 cm³/mol. The van der Waals surface area contributed by atoms with Gasteiger partial charge in [0.05, 0.1) is 17.6 Å². The van der Waals surface area contributed by atoms with Crippen molar-refractivity contribution < 1.29 is 4.79 Å². The highest BCUT2D eigenvalue weighted by Gasteiger charge is 2.16. The second kappa shape index (κ2) is 6.71. The molecule has 1 heterocycles. The third-order valence-electron chi connectivity index (χ3n) is 3.23. The Balaban J connectivity index is 2.49. The van der Waals surface area contributed by atoms with Crippen molar-refractivity contribution in [2.75, 3.05) is 25.0 Å². The van der Waals surface area contributed by atoms with Gasteiger partial charge in [0.2, 0.25) is 5.91 Å². The summed E-state index contributed by atoms with van der Waals surface area (Å²) in [7, 11) is 1.60. The Morgan fingerprint density at radius 2 is 2.19 bits per heavy atom. The maximum atomic E-state index is 11.7. The summed E-state index contributed by atoms with van der Waals surface area (Å²) < 4.78 is 0. The van der Waals surface area contributed by atoms with Crippen LogP contribution in [-0.2, 0) is 4.79 Å². The van der Waals surface area contributed by atoms with Crippen LogP contribution in [0.5, 0.6) is 0 Å². The largest absolute Gasteiger partial charge is 0.358 e. The molecule has 1 aromatic carbocycles. The first-order valence-corrected chi connectivity index (χ1v) is 6.95. The summed E-state index contributed by atoms with van der Waals surface area (Å²) in [6.45, 7) is 2.90. The standard InChI is InChI=1S/C16H18N4O/c1-3-8-20(11-15(21)18-2)16-13(10-17)9-12-6-4-5-7-14(12)19-16/h4-7,9H,3,8,11H2,1-2H3,(H,18,21). The maximum absolute atomic E-state index is 11.7. The first kappa shape index (κ1) is 14.8. The Morgan fingerprint density at radius 1 is 1.43 bits per heavy atom. The summed E-state index contributed by atoms with van der Waals surface area (Å²) in [5, 5.41) is 12.9. The number of fused-ring (bicyclic) bond motifs is 1. The molecule has 0 unspecified atom stereocenters. The number of hydrogen-bond donors (Lipinski definition) is 1. The molecule has 0 fully saturated rings. The van der Waals surface area contributed by atoms with Gasteiger partial charge in [-0.05, 0) is 18.6 Å². The number of hydrogen-bond acceptors (Lipinski definition) is 4. The van der Waals surface area contributed by atoms with Crippen LogP contribution in [0.1, 0.15) is 18.9 Å². The second-order valence-electron chi connectivity index (χ2n) is 4.76. The summed E-state index contributed by atoms with van der Waals surface area (Å²) in [6.07, 6.45) is 0.871. The molecule has 5 heteroatoms. The average Bonchev–Trinajstić information content (AvgIpc) is 2.52. The van der Waals surface area contributed by atoms with E-state index in [1.807, 2.05) is 42.2 Å². The molecule has 0 aliphatic carbocycles. The minimum Gasteiger partial charge on any atom is -0.358 e. The summed E-state index contributed by atoms with van der Waals surface area (Å²) in [4.78, 5) is 18.1. The van der Waals surface area contributed by atoms with Crippen molar-refractivity contribution in [3.63, 3.8) is 0 Å². The SMILES string of the molecule is CCCN(CC(=O)NC)c1nc2ccccc2cc1C#N. The Kier molecular flexibility index (Phi) is 4.72. The highest BCUT2D eigenvalue weighted by atomic mass is 16.1. The van der Waals surface area contributed by atoms with E-state index in [1.165, 1.54) is 0 Å². The van der Waals surface area contributed by atoms with Crippen LogP contribution in [0.2, 0.25) is 0 Å². The van der Waals surface area contributed by atoms with Gasteiger partial charge in [0, 0.05) is 19.0 Å². The van der Waals surface area contributed by atoms with Crippen LogP contribution in [0.15, 0.2) is 30.3 Å². The number of rotatable bonds is 5. The van der Waals surface area contributed by atoms with E-state index in [-0.39, 0.29) is 12.5 Å². The molecule has 2 rings (SSSR count). The van der Waals surface area contributed by atoms with Crippen LogP contribution in [0.3, 0.4) is 0 Å². The maximum Gasteiger partial charge on any atom is 0.239 e. The third-order valence-corrected chi connectivity index (χ3v) is 3.23. The number of nitrogens with zero attached hydrogens (tertiary/aromatic N) is 3. The van der Waals surface area contributed by atoms with E-state index in [9.17, 15) is 10.1 Å². The van der Waals surface area contributed by atoms with Crippen LogP contribution in [0.4, 0.5) is 5.82 Å². The summed E-state index contributed by atoms with van der Waals surface area (Å²) in [6, 6.07) is 11.7. The highest BCUT2D eigenvalue weighted by molar-refractivity contribution is 5.85. The quantitative estimate of drug-likeness (QED) is 0.911. The molecule has 0 aliphatic rings. The van der Waals surface area contributed by atoms with Crippen LogP contribution < -0.4 is 10.2 Å². The van der Waals surface area contributed by atoms with Gasteiger partial charge in [0.15, 0.2) is 0 Å². The monoisotopic (exact) mass is 282 g/mol. The molecule has 21 heavy (non-hydrogen) atoms. The molecule has 0 radical (unpaired) electrons. The number of carbonyl (C=O) groups excluding carboxylic acids is 1. The first-order chi connectivity index (χ1) is 10.2. The van der Waals surface area contributed by atoms with E-state index >= 15 is 0 Å². The van der Waals surface area contributed by atoms with Crippen molar-refractivity contribution in [3.05, 3.63) is 35.9 Å². The van der Waals surface area contributed by atoms with Crippen molar-refractivity contribution in [3.8, 4) is 6.07 Å². The van der Waals surface area contributed by atoms with Crippen molar-refractivity contribution in [1.29, 1.82) is 5.26 Å². The Morgan fingerprint density at radius 3 is 2.86 bits per heavy atom. The zero-order valence-corrected chi connectivity index (χ0v) is 12.3. The average molecular weight is 282 g/mol. The number of likely N-dealkylation sites (N-methyl/N-ethyl adjacent to an activating group) is 1. The third kappa shape index (κ3) is 3.29. The molecule has 1 N–H and O–H groups in total. The van der Waals surface area contributed by atoms with Crippen LogP contribution in [-0.4, -0.2) is 31.0 Å². The zero-order valence-electron chi connectivity index (χ0n) is 12.3. The van der Waals surface area contributed by atoms with E-state index < -0.39 is 0 Å². The molecule has 0 aliphatic heterocycles. The number of amides is 1. The number of anilines is 1. The van der Waals surface area contributed by atoms with E-state index in [1.54, 1.807) is 7.05 Å². The number of pyridine rings is 1. The van der Waals surface area contributed by atoms with Gasteiger partial charge in [-0.25, -0.2) is 4.98 Å². The molecule has 2 aromatic rings. The number of nitrogens with one attached hydrogen (secondary N) is 1. The Bertz CT molecular complexity index is 690. The molecular weight excluding hydrogens is 264 g/mol. The number of carbonyl (C=O) groups is 1.